The Morgan fingerprint density at radius 3 is 1.50 bits per heavy atom. The van der Waals surface area contributed by atoms with Gasteiger partial charge in [-0.15, -0.1) is 10.3 Å². The zero-order valence-electron chi connectivity index (χ0n) is 7.19. The summed E-state index contributed by atoms with van der Waals surface area (Å²) in [4.78, 5) is 0. The molecule has 12 heavy (non-hydrogen) atoms. The minimum atomic E-state index is 0.838. The maximum Gasteiger partial charge on any atom is 0.0435 e. The zero-order valence-corrected chi connectivity index (χ0v) is 7.19. The highest BCUT2D eigenvalue weighted by Crippen LogP contribution is 2.03. The normalized spacial score (nSPS) is 11.7. The first-order chi connectivity index (χ1) is 5.91. The van der Waals surface area contributed by atoms with Gasteiger partial charge < -0.3 is 10.4 Å². The quantitative estimate of drug-likeness (QED) is 0.268. The molecule has 70 valence electrons. The van der Waals surface area contributed by atoms with E-state index in [1.165, 1.54) is 12.4 Å². The van der Waals surface area contributed by atoms with E-state index in [1.807, 2.05) is 0 Å². The van der Waals surface area contributed by atoms with Gasteiger partial charge in [0.2, 0.25) is 0 Å². The molecule has 0 aliphatic carbocycles. The van der Waals surface area contributed by atoms with Crippen LogP contribution in [0.25, 0.3) is 0 Å². The third-order valence-corrected chi connectivity index (χ3v) is 1.58. The summed E-state index contributed by atoms with van der Waals surface area (Å²) >= 11 is 0. The van der Waals surface area contributed by atoms with Crippen molar-refractivity contribution in [3.8, 4) is 0 Å². The lowest BCUT2D eigenvalue weighted by atomic mass is 10.1. The van der Waals surface area contributed by atoms with Crippen LogP contribution >= 0.6 is 0 Å². The van der Waals surface area contributed by atoms with Crippen molar-refractivity contribution in [1.29, 1.82) is 0 Å². The number of unbranched alkanes of at least 4 members (excludes halogenated alkanes) is 5. The van der Waals surface area contributed by atoms with E-state index in [4.69, 9.17) is 10.4 Å². The summed E-state index contributed by atoms with van der Waals surface area (Å²) < 4.78 is 0. The van der Waals surface area contributed by atoms with Gasteiger partial charge in [-0.05, 0) is 25.7 Å². The standard InChI is InChI=1S/C8H16N2O2/c11-9-7-5-3-1-2-4-6-8-10-12/h7-8,11-12H,1-6H2/b9-7-,10-8-. The van der Waals surface area contributed by atoms with E-state index < -0.39 is 0 Å². The Balaban J connectivity index is 2.91. The topological polar surface area (TPSA) is 65.2 Å². The molecule has 2 N–H and O–H groups in total. The molecule has 0 saturated carbocycles. The molecule has 0 amide bonds. The van der Waals surface area contributed by atoms with Gasteiger partial charge in [0.25, 0.3) is 0 Å². The highest BCUT2D eigenvalue weighted by molar-refractivity contribution is 5.56. The van der Waals surface area contributed by atoms with Crippen molar-refractivity contribution in [1.82, 2.24) is 0 Å². The molecule has 0 aromatic heterocycles. The van der Waals surface area contributed by atoms with Crippen LogP contribution in [0.3, 0.4) is 0 Å². The van der Waals surface area contributed by atoms with Crippen LogP contribution in [0.15, 0.2) is 10.3 Å². The maximum absolute atomic E-state index is 8.06. The lowest BCUT2D eigenvalue weighted by molar-refractivity contribution is 0.319. The van der Waals surface area contributed by atoms with E-state index in [9.17, 15) is 0 Å². The van der Waals surface area contributed by atoms with E-state index in [0.717, 1.165) is 38.5 Å². The number of hydrogen-bond donors (Lipinski definition) is 2. The smallest absolute Gasteiger partial charge is 0.0435 e. The van der Waals surface area contributed by atoms with Crippen molar-refractivity contribution >= 4 is 12.4 Å². The number of rotatable bonds is 7. The molecule has 0 spiro atoms. The number of nitrogens with zero attached hydrogens (tertiary/aromatic N) is 2. The van der Waals surface area contributed by atoms with Gasteiger partial charge in [-0.2, -0.15) is 0 Å². The van der Waals surface area contributed by atoms with Crippen molar-refractivity contribution in [2.45, 2.75) is 38.5 Å². The first-order valence-electron chi connectivity index (χ1n) is 4.23. The SMILES string of the molecule is O/N=C\CCCCCC/C=N\O. The first kappa shape index (κ1) is 10.9. The van der Waals surface area contributed by atoms with Crippen molar-refractivity contribution < 1.29 is 10.4 Å². The summed E-state index contributed by atoms with van der Waals surface area (Å²) in [5.74, 6) is 0. The summed E-state index contributed by atoms with van der Waals surface area (Å²) in [6, 6.07) is 0. The van der Waals surface area contributed by atoms with Gasteiger partial charge in [0, 0.05) is 12.4 Å². The minimum Gasteiger partial charge on any atom is -0.411 e. The molecule has 0 bridgehead atoms. The lowest BCUT2D eigenvalue weighted by Crippen LogP contribution is -1.81. The van der Waals surface area contributed by atoms with E-state index >= 15 is 0 Å². The van der Waals surface area contributed by atoms with Crippen LogP contribution in [0, 0.1) is 0 Å². The molecule has 0 saturated heterocycles. The largest absolute Gasteiger partial charge is 0.411 e. The van der Waals surface area contributed by atoms with Crippen molar-refractivity contribution in [2.75, 3.05) is 0 Å². The Hall–Kier alpha value is -1.06. The fourth-order valence-electron chi connectivity index (χ4n) is 0.940. The van der Waals surface area contributed by atoms with Gasteiger partial charge in [0.15, 0.2) is 0 Å². The molecule has 4 nitrogen and oxygen atoms in total. The van der Waals surface area contributed by atoms with Crippen LogP contribution in [0.4, 0.5) is 0 Å². The minimum absolute atomic E-state index is 0.838. The lowest BCUT2D eigenvalue weighted by Gasteiger charge is -1.94. The molecule has 0 rings (SSSR count). The second kappa shape index (κ2) is 9.94. The Kier molecular flexibility index (Phi) is 9.06. The van der Waals surface area contributed by atoms with Crippen LogP contribution in [0.2, 0.25) is 0 Å². The van der Waals surface area contributed by atoms with E-state index in [1.54, 1.807) is 0 Å². The predicted molar refractivity (Wildman–Crippen MR) is 48.3 cm³/mol. The van der Waals surface area contributed by atoms with Crippen molar-refractivity contribution in [2.24, 2.45) is 10.3 Å². The average molecular weight is 172 g/mol. The van der Waals surface area contributed by atoms with Crippen LogP contribution in [-0.2, 0) is 0 Å². The molecule has 0 unspecified atom stereocenters. The van der Waals surface area contributed by atoms with Gasteiger partial charge >= 0.3 is 0 Å². The monoisotopic (exact) mass is 172 g/mol. The van der Waals surface area contributed by atoms with Gasteiger partial charge in [0.05, 0.1) is 0 Å². The molecule has 4 heteroatoms. The first-order valence-corrected chi connectivity index (χ1v) is 4.23. The molecular formula is C8H16N2O2. The van der Waals surface area contributed by atoms with E-state index in [-0.39, 0.29) is 0 Å². The summed E-state index contributed by atoms with van der Waals surface area (Å²) in [6.07, 6.45) is 9.07. The zero-order chi connectivity index (χ0) is 9.07. The number of oxime groups is 2. The fourth-order valence-corrected chi connectivity index (χ4v) is 0.940. The Morgan fingerprint density at radius 1 is 0.750 bits per heavy atom. The molecule has 0 heterocycles. The third-order valence-electron chi connectivity index (χ3n) is 1.58. The van der Waals surface area contributed by atoms with Gasteiger partial charge in [-0.3, -0.25) is 0 Å². The molecule has 0 aliphatic heterocycles. The number of hydrogen-bond acceptors (Lipinski definition) is 4. The Bertz CT molecular complexity index is 119. The summed E-state index contributed by atoms with van der Waals surface area (Å²) in [5.41, 5.74) is 0. The summed E-state index contributed by atoms with van der Waals surface area (Å²) in [6.45, 7) is 0. The van der Waals surface area contributed by atoms with E-state index in [0.29, 0.717) is 0 Å². The average Bonchev–Trinajstić information content (AvgIpc) is 2.10. The van der Waals surface area contributed by atoms with Crippen LogP contribution < -0.4 is 0 Å². The van der Waals surface area contributed by atoms with Gasteiger partial charge in [-0.1, -0.05) is 12.8 Å². The van der Waals surface area contributed by atoms with Crippen LogP contribution in [0.1, 0.15) is 38.5 Å². The van der Waals surface area contributed by atoms with Gasteiger partial charge in [0.1, 0.15) is 0 Å². The summed E-state index contributed by atoms with van der Waals surface area (Å²) in [7, 11) is 0. The molecule has 0 atom stereocenters. The van der Waals surface area contributed by atoms with Crippen molar-refractivity contribution in [3.63, 3.8) is 0 Å². The fraction of sp³-hybridized carbons (Fsp3) is 0.750. The Morgan fingerprint density at radius 2 is 1.17 bits per heavy atom. The summed E-state index contributed by atoms with van der Waals surface area (Å²) in [5, 5.41) is 21.9. The second-order valence-electron chi connectivity index (χ2n) is 2.59. The highest BCUT2D eigenvalue weighted by atomic mass is 16.4. The molecular weight excluding hydrogens is 156 g/mol. The van der Waals surface area contributed by atoms with Crippen LogP contribution in [0.5, 0.6) is 0 Å². The van der Waals surface area contributed by atoms with Crippen molar-refractivity contribution in [3.05, 3.63) is 0 Å². The predicted octanol–water partition coefficient (Wildman–Crippen LogP) is 2.25. The van der Waals surface area contributed by atoms with Crippen LogP contribution in [-0.4, -0.2) is 22.8 Å². The molecule has 0 radical (unpaired) electrons. The third kappa shape index (κ3) is 8.94. The highest BCUT2D eigenvalue weighted by Gasteiger charge is 1.87. The molecule has 0 aromatic carbocycles. The second-order valence-corrected chi connectivity index (χ2v) is 2.59. The maximum atomic E-state index is 8.06. The molecule has 0 fully saturated rings. The van der Waals surface area contributed by atoms with Gasteiger partial charge in [-0.25, -0.2) is 0 Å². The molecule has 0 aromatic rings. The Labute approximate surface area is 72.6 Å². The van der Waals surface area contributed by atoms with E-state index in [2.05, 4.69) is 10.3 Å². The molecule has 0 aliphatic rings.